The SMILES string of the molecule is CCOC(=O)c1ncc(C(F)F)cc1CBr. The molecule has 0 unspecified atom stereocenters. The van der Waals surface area contributed by atoms with Crippen LogP contribution in [0.15, 0.2) is 12.3 Å². The Balaban J connectivity index is 3.06. The minimum Gasteiger partial charge on any atom is -0.461 e. The lowest BCUT2D eigenvalue weighted by Gasteiger charge is -2.07. The van der Waals surface area contributed by atoms with Gasteiger partial charge < -0.3 is 4.74 Å². The van der Waals surface area contributed by atoms with Gasteiger partial charge in [0.15, 0.2) is 5.69 Å². The third-order valence-electron chi connectivity index (χ3n) is 1.85. The van der Waals surface area contributed by atoms with E-state index in [1.54, 1.807) is 6.92 Å². The molecule has 0 bridgehead atoms. The predicted molar refractivity (Wildman–Crippen MR) is 57.8 cm³/mol. The summed E-state index contributed by atoms with van der Waals surface area (Å²) in [5, 5.41) is 0.273. The van der Waals surface area contributed by atoms with E-state index in [9.17, 15) is 13.6 Å². The predicted octanol–water partition coefficient (Wildman–Crippen LogP) is 3.09. The van der Waals surface area contributed by atoms with Crippen LogP contribution in [0.3, 0.4) is 0 Å². The number of rotatable bonds is 4. The molecule has 0 aromatic carbocycles. The lowest BCUT2D eigenvalue weighted by molar-refractivity contribution is 0.0518. The molecule has 0 amide bonds. The van der Waals surface area contributed by atoms with Crippen molar-refractivity contribution in [2.45, 2.75) is 18.7 Å². The summed E-state index contributed by atoms with van der Waals surface area (Å²) >= 11 is 3.12. The van der Waals surface area contributed by atoms with Gasteiger partial charge in [-0.2, -0.15) is 0 Å². The minimum absolute atomic E-state index is 0.0723. The zero-order valence-electron chi connectivity index (χ0n) is 8.54. The molecule has 0 atom stereocenters. The summed E-state index contributed by atoms with van der Waals surface area (Å²) in [4.78, 5) is 15.1. The van der Waals surface area contributed by atoms with E-state index in [4.69, 9.17) is 4.74 Å². The van der Waals surface area contributed by atoms with Crippen molar-refractivity contribution < 1.29 is 18.3 Å². The van der Waals surface area contributed by atoms with E-state index in [-0.39, 0.29) is 23.2 Å². The van der Waals surface area contributed by atoms with Crippen molar-refractivity contribution >= 4 is 21.9 Å². The van der Waals surface area contributed by atoms with E-state index in [0.29, 0.717) is 5.56 Å². The van der Waals surface area contributed by atoms with Gasteiger partial charge in [-0.15, -0.1) is 0 Å². The minimum atomic E-state index is -2.60. The first kappa shape index (κ1) is 13.0. The summed E-state index contributed by atoms with van der Waals surface area (Å²) in [6.07, 6.45) is -1.61. The fraction of sp³-hybridized carbons (Fsp3) is 0.400. The van der Waals surface area contributed by atoms with E-state index < -0.39 is 12.4 Å². The lowest BCUT2D eigenvalue weighted by Crippen LogP contribution is -2.10. The smallest absolute Gasteiger partial charge is 0.357 e. The van der Waals surface area contributed by atoms with E-state index in [1.165, 1.54) is 6.07 Å². The maximum atomic E-state index is 12.4. The van der Waals surface area contributed by atoms with Crippen LogP contribution in [0, 0.1) is 0 Å². The molecular formula is C10H10BrF2NO2. The molecule has 0 N–H and O–H groups in total. The van der Waals surface area contributed by atoms with Gasteiger partial charge in [0.1, 0.15) is 0 Å². The van der Waals surface area contributed by atoms with Gasteiger partial charge >= 0.3 is 5.97 Å². The summed E-state index contributed by atoms with van der Waals surface area (Å²) in [5.74, 6) is -0.599. The second-order valence-corrected chi connectivity index (χ2v) is 3.49. The van der Waals surface area contributed by atoms with Crippen molar-refractivity contribution in [2.75, 3.05) is 6.61 Å². The van der Waals surface area contributed by atoms with E-state index in [0.717, 1.165) is 6.20 Å². The lowest BCUT2D eigenvalue weighted by atomic mass is 10.1. The van der Waals surface area contributed by atoms with Crippen molar-refractivity contribution in [1.82, 2.24) is 4.98 Å². The Labute approximate surface area is 99.9 Å². The molecule has 16 heavy (non-hydrogen) atoms. The fourth-order valence-corrected chi connectivity index (χ4v) is 1.56. The first-order chi connectivity index (χ1) is 7.60. The number of carbonyl (C=O) groups is 1. The van der Waals surface area contributed by atoms with Gasteiger partial charge in [-0.05, 0) is 18.6 Å². The Morgan fingerprint density at radius 2 is 2.31 bits per heavy atom. The van der Waals surface area contributed by atoms with Crippen LogP contribution >= 0.6 is 15.9 Å². The Kier molecular flexibility index (Phi) is 4.79. The average molecular weight is 294 g/mol. The third kappa shape index (κ3) is 2.98. The van der Waals surface area contributed by atoms with E-state index >= 15 is 0 Å². The Hall–Kier alpha value is -1.04. The van der Waals surface area contributed by atoms with Crippen LogP contribution in [-0.4, -0.2) is 17.6 Å². The molecule has 1 heterocycles. The van der Waals surface area contributed by atoms with E-state index in [1.807, 2.05) is 0 Å². The maximum absolute atomic E-state index is 12.4. The number of alkyl halides is 3. The summed E-state index contributed by atoms with van der Waals surface area (Å²) in [5.41, 5.74) is 0.266. The zero-order chi connectivity index (χ0) is 12.1. The highest BCUT2D eigenvalue weighted by Gasteiger charge is 2.17. The molecule has 0 spiro atoms. The Bertz CT molecular complexity index is 385. The average Bonchev–Trinajstić information content (AvgIpc) is 2.28. The first-order valence-corrected chi connectivity index (χ1v) is 5.72. The highest BCUT2D eigenvalue weighted by atomic mass is 79.9. The molecule has 1 rings (SSSR count). The van der Waals surface area contributed by atoms with Crippen LogP contribution in [0.2, 0.25) is 0 Å². The normalized spacial score (nSPS) is 10.6. The molecule has 0 saturated carbocycles. The van der Waals surface area contributed by atoms with Gasteiger partial charge in [0.2, 0.25) is 0 Å². The fourth-order valence-electron chi connectivity index (χ4n) is 1.13. The molecule has 1 aromatic rings. The van der Waals surface area contributed by atoms with Crippen LogP contribution in [0.25, 0.3) is 0 Å². The van der Waals surface area contributed by atoms with Crippen LogP contribution in [0.4, 0.5) is 8.78 Å². The molecule has 6 heteroatoms. The number of hydrogen-bond acceptors (Lipinski definition) is 3. The highest BCUT2D eigenvalue weighted by Crippen LogP contribution is 2.21. The van der Waals surface area contributed by atoms with Crippen molar-refractivity contribution in [1.29, 1.82) is 0 Å². The molecule has 0 aliphatic carbocycles. The van der Waals surface area contributed by atoms with Gasteiger partial charge in [-0.25, -0.2) is 18.6 Å². The van der Waals surface area contributed by atoms with E-state index in [2.05, 4.69) is 20.9 Å². The monoisotopic (exact) mass is 293 g/mol. The second-order valence-electron chi connectivity index (χ2n) is 2.93. The second kappa shape index (κ2) is 5.89. The summed E-state index contributed by atoms with van der Waals surface area (Å²) in [7, 11) is 0. The number of esters is 1. The molecule has 1 aromatic heterocycles. The van der Waals surface area contributed by atoms with Gasteiger partial charge in [0.25, 0.3) is 6.43 Å². The van der Waals surface area contributed by atoms with Gasteiger partial charge in [-0.1, -0.05) is 15.9 Å². The third-order valence-corrected chi connectivity index (χ3v) is 2.46. The largest absolute Gasteiger partial charge is 0.461 e. The Morgan fingerprint density at radius 1 is 1.62 bits per heavy atom. The molecule has 88 valence electrons. The maximum Gasteiger partial charge on any atom is 0.357 e. The number of aromatic nitrogens is 1. The molecule has 3 nitrogen and oxygen atoms in total. The summed E-state index contributed by atoms with van der Waals surface area (Å²) < 4.78 is 29.5. The number of nitrogens with zero attached hydrogens (tertiary/aromatic N) is 1. The molecule has 0 fully saturated rings. The topological polar surface area (TPSA) is 39.2 Å². The number of pyridine rings is 1. The first-order valence-electron chi connectivity index (χ1n) is 4.60. The van der Waals surface area contributed by atoms with Crippen LogP contribution in [-0.2, 0) is 10.1 Å². The number of halogens is 3. The summed E-state index contributed by atoms with van der Waals surface area (Å²) in [6.45, 7) is 1.89. The van der Waals surface area contributed by atoms with Crippen molar-refractivity contribution in [3.8, 4) is 0 Å². The highest BCUT2D eigenvalue weighted by molar-refractivity contribution is 9.08. The zero-order valence-corrected chi connectivity index (χ0v) is 10.1. The van der Waals surface area contributed by atoms with Crippen LogP contribution in [0.5, 0.6) is 0 Å². The quantitative estimate of drug-likeness (QED) is 0.633. The number of carbonyl (C=O) groups excluding carboxylic acids is 1. The molecule has 0 aliphatic rings. The van der Waals surface area contributed by atoms with Crippen LogP contribution in [0.1, 0.15) is 35.0 Å². The standard InChI is InChI=1S/C10H10BrF2NO2/c1-2-16-10(15)8-6(4-11)3-7(5-14-8)9(12)13/h3,5,9H,2,4H2,1H3. The molecule has 0 saturated heterocycles. The van der Waals surface area contributed by atoms with Crippen molar-refractivity contribution in [3.63, 3.8) is 0 Å². The van der Waals surface area contributed by atoms with Crippen molar-refractivity contribution in [3.05, 3.63) is 29.1 Å². The van der Waals surface area contributed by atoms with Gasteiger partial charge in [-0.3, -0.25) is 0 Å². The summed E-state index contributed by atoms with van der Waals surface area (Å²) in [6, 6.07) is 1.25. The van der Waals surface area contributed by atoms with Gasteiger partial charge in [0, 0.05) is 17.1 Å². The van der Waals surface area contributed by atoms with Crippen LogP contribution < -0.4 is 0 Å². The van der Waals surface area contributed by atoms with Gasteiger partial charge in [0.05, 0.1) is 6.61 Å². The molecule has 0 aliphatic heterocycles. The molecule has 0 radical (unpaired) electrons. The number of hydrogen-bond donors (Lipinski definition) is 0. The molecular weight excluding hydrogens is 284 g/mol. The Morgan fingerprint density at radius 3 is 2.81 bits per heavy atom. The number of ether oxygens (including phenoxy) is 1. The van der Waals surface area contributed by atoms with Crippen molar-refractivity contribution in [2.24, 2.45) is 0 Å².